The number of hydrogen-bond acceptors (Lipinski definition) is 5. The summed E-state index contributed by atoms with van der Waals surface area (Å²) in [5, 5.41) is 8.77. The second kappa shape index (κ2) is 6.20. The minimum Gasteiger partial charge on any atom is -0.469 e. The number of carbonyl (C=O) groups is 1. The molecule has 19 heavy (non-hydrogen) atoms. The van der Waals surface area contributed by atoms with Crippen molar-refractivity contribution in [2.75, 3.05) is 17.6 Å². The number of aryl methyl sites for hydroxylation is 1. The predicted octanol–water partition coefficient (Wildman–Crippen LogP) is 1.17. The van der Waals surface area contributed by atoms with Gasteiger partial charge in [0, 0.05) is 0 Å². The predicted molar refractivity (Wildman–Crippen MR) is 69.9 cm³/mol. The summed E-state index contributed by atoms with van der Waals surface area (Å²) in [6.45, 7) is 1.72. The van der Waals surface area contributed by atoms with E-state index in [9.17, 15) is 13.2 Å². The second-order valence-electron chi connectivity index (χ2n) is 3.89. The Balaban J connectivity index is 2.84. The molecule has 0 amide bonds. The molecule has 0 aliphatic heterocycles. The molecule has 102 valence electrons. The van der Waals surface area contributed by atoms with Crippen molar-refractivity contribution in [3.63, 3.8) is 0 Å². The molecule has 0 aliphatic carbocycles. The number of benzene rings is 1. The van der Waals surface area contributed by atoms with Crippen LogP contribution < -0.4 is 4.72 Å². The Hall–Kier alpha value is -2.07. The number of ether oxygens (including phenoxy) is 1. The highest BCUT2D eigenvalue weighted by molar-refractivity contribution is 7.92. The fourth-order valence-electron chi connectivity index (χ4n) is 1.34. The number of carbonyl (C=O) groups excluding carboxylic acids is 1. The van der Waals surface area contributed by atoms with Gasteiger partial charge in [-0.2, -0.15) is 5.26 Å². The van der Waals surface area contributed by atoms with Crippen molar-refractivity contribution in [1.29, 1.82) is 5.26 Å². The molecule has 0 saturated carbocycles. The molecule has 7 heteroatoms. The van der Waals surface area contributed by atoms with Gasteiger partial charge in [0.05, 0.1) is 36.6 Å². The fraction of sp³-hybridized carbons (Fsp3) is 0.333. The van der Waals surface area contributed by atoms with Gasteiger partial charge in [-0.05, 0) is 24.6 Å². The van der Waals surface area contributed by atoms with Crippen molar-refractivity contribution in [3.05, 3.63) is 29.3 Å². The van der Waals surface area contributed by atoms with Gasteiger partial charge in [-0.1, -0.05) is 6.07 Å². The van der Waals surface area contributed by atoms with Crippen LogP contribution in [0.5, 0.6) is 0 Å². The van der Waals surface area contributed by atoms with Crippen LogP contribution in [-0.2, 0) is 19.6 Å². The number of anilines is 1. The summed E-state index contributed by atoms with van der Waals surface area (Å²) in [5.74, 6) is -0.955. The first-order valence-electron chi connectivity index (χ1n) is 5.46. The van der Waals surface area contributed by atoms with Crippen LogP contribution in [-0.4, -0.2) is 27.2 Å². The van der Waals surface area contributed by atoms with Crippen LogP contribution in [0, 0.1) is 18.3 Å². The van der Waals surface area contributed by atoms with E-state index in [1.807, 2.05) is 6.07 Å². The smallest absolute Gasteiger partial charge is 0.306 e. The monoisotopic (exact) mass is 282 g/mol. The fourth-order valence-corrected chi connectivity index (χ4v) is 2.43. The summed E-state index contributed by atoms with van der Waals surface area (Å²) in [6, 6.07) is 6.63. The minimum absolute atomic E-state index is 0.219. The van der Waals surface area contributed by atoms with Crippen LogP contribution in [0.1, 0.15) is 17.5 Å². The van der Waals surface area contributed by atoms with E-state index in [4.69, 9.17) is 5.26 Å². The van der Waals surface area contributed by atoms with Crippen LogP contribution in [0.25, 0.3) is 0 Å². The van der Waals surface area contributed by atoms with Gasteiger partial charge in [-0.3, -0.25) is 9.52 Å². The number of nitrogens with zero attached hydrogens (tertiary/aromatic N) is 1. The lowest BCUT2D eigenvalue weighted by atomic mass is 10.1. The van der Waals surface area contributed by atoms with Crippen LogP contribution in [0.3, 0.4) is 0 Å². The van der Waals surface area contributed by atoms with E-state index in [1.54, 1.807) is 19.1 Å². The van der Waals surface area contributed by atoms with Crippen molar-refractivity contribution in [2.24, 2.45) is 0 Å². The van der Waals surface area contributed by atoms with E-state index in [1.165, 1.54) is 13.2 Å². The van der Waals surface area contributed by atoms with Crippen molar-refractivity contribution < 1.29 is 17.9 Å². The van der Waals surface area contributed by atoms with Crippen LogP contribution in [0.15, 0.2) is 18.2 Å². The lowest BCUT2D eigenvalue weighted by Crippen LogP contribution is -2.20. The maximum absolute atomic E-state index is 11.8. The Bertz CT molecular complexity index is 617. The largest absolute Gasteiger partial charge is 0.469 e. The van der Waals surface area contributed by atoms with Crippen LogP contribution in [0.4, 0.5) is 5.69 Å². The molecule has 1 N–H and O–H groups in total. The number of esters is 1. The maximum Gasteiger partial charge on any atom is 0.306 e. The quantitative estimate of drug-likeness (QED) is 0.818. The average molecular weight is 282 g/mol. The lowest BCUT2D eigenvalue weighted by Gasteiger charge is -2.10. The Labute approximate surface area is 112 Å². The Morgan fingerprint density at radius 3 is 2.74 bits per heavy atom. The van der Waals surface area contributed by atoms with Gasteiger partial charge < -0.3 is 4.74 Å². The van der Waals surface area contributed by atoms with Gasteiger partial charge >= 0.3 is 5.97 Å². The first-order valence-corrected chi connectivity index (χ1v) is 7.11. The zero-order chi connectivity index (χ0) is 14.5. The Kier molecular flexibility index (Phi) is 4.89. The molecule has 0 aliphatic rings. The zero-order valence-corrected chi connectivity index (χ0v) is 11.5. The number of sulfonamides is 1. The highest BCUT2D eigenvalue weighted by Gasteiger charge is 2.15. The second-order valence-corrected chi connectivity index (χ2v) is 5.73. The van der Waals surface area contributed by atoms with Gasteiger partial charge in [-0.25, -0.2) is 8.42 Å². The highest BCUT2D eigenvalue weighted by atomic mass is 32.2. The molecule has 0 radical (unpaired) electrons. The number of rotatable bonds is 5. The van der Waals surface area contributed by atoms with Crippen LogP contribution in [0.2, 0.25) is 0 Å². The van der Waals surface area contributed by atoms with E-state index < -0.39 is 16.0 Å². The van der Waals surface area contributed by atoms with Crippen molar-refractivity contribution in [2.45, 2.75) is 13.3 Å². The molecule has 0 atom stereocenters. The van der Waals surface area contributed by atoms with Gasteiger partial charge in [0.2, 0.25) is 10.0 Å². The number of methoxy groups -OCH3 is 1. The van der Waals surface area contributed by atoms with Gasteiger partial charge in [0.15, 0.2) is 0 Å². The zero-order valence-electron chi connectivity index (χ0n) is 10.6. The van der Waals surface area contributed by atoms with Crippen molar-refractivity contribution >= 4 is 21.7 Å². The van der Waals surface area contributed by atoms with Crippen molar-refractivity contribution in [3.8, 4) is 6.07 Å². The molecule has 0 saturated heterocycles. The maximum atomic E-state index is 11.8. The molecule has 6 nitrogen and oxygen atoms in total. The molecule has 0 unspecified atom stereocenters. The molecule has 0 bridgehead atoms. The van der Waals surface area contributed by atoms with E-state index in [2.05, 4.69) is 9.46 Å². The first kappa shape index (κ1) is 15.0. The molecule has 0 fully saturated rings. The molecular weight excluding hydrogens is 268 g/mol. The Morgan fingerprint density at radius 1 is 1.47 bits per heavy atom. The summed E-state index contributed by atoms with van der Waals surface area (Å²) >= 11 is 0. The van der Waals surface area contributed by atoms with E-state index in [0.29, 0.717) is 16.8 Å². The summed E-state index contributed by atoms with van der Waals surface area (Å²) in [5.41, 5.74) is 1.39. The van der Waals surface area contributed by atoms with Crippen LogP contribution >= 0.6 is 0 Å². The average Bonchev–Trinajstić information content (AvgIpc) is 2.38. The molecule has 0 heterocycles. The normalized spacial score (nSPS) is 10.6. The molecule has 1 aromatic carbocycles. The number of nitriles is 1. The van der Waals surface area contributed by atoms with Gasteiger partial charge in [0.25, 0.3) is 0 Å². The molecule has 1 rings (SSSR count). The third-order valence-electron chi connectivity index (χ3n) is 2.43. The summed E-state index contributed by atoms with van der Waals surface area (Å²) < 4.78 is 30.3. The third-order valence-corrected chi connectivity index (χ3v) is 3.71. The summed E-state index contributed by atoms with van der Waals surface area (Å²) in [6.07, 6.45) is -0.219. The van der Waals surface area contributed by atoms with E-state index in [-0.39, 0.29) is 12.2 Å². The van der Waals surface area contributed by atoms with E-state index >= 15 is 0 Å². The van der Waals surface area contributed by atoms with Gasteiger partial charge in [0.1, 0.15) is 0 Å². The number of hydrogen-bond donors (Lipinski definition) is 1. The minimum atomic E-state index is -3.65. The van der Waals surface area contributed by atoms with Gasteiger partial charge in [-0.15, -0.1) is 0 Å². The molecule has 0 aromatic heterocycles. The molecule has 0 spiro atoms. The topological polar surface area (TPSA) is 96.3 Å². The molecule has 1 aromatic rings. The summed E-state index contributed by atoms with van der Waals surface area (Å²) in [4.78, 5) is 10.9. The van der Waals surface area contributed by atoms with Crippen molar-refractivity contribution in [1.82, 2.24) is 0 Å². The molecular formula is C12H14N2O4S. The Morgan fingerprint density at radius 2 is 2.16 bits per heavy atom. The third kappa shape index (κ3) is 4.60. The number of nitrogens with one attached hydrogen (secondary N) is 1. The first-order chi connectivity index (χ1) is 8.88. The highest BCUT2D eigenvalue weighted by Crippen LogP contribution is 2.18. The lowest BCUT2D eigenvalue weighted by molar-refractivity contribution is -0.140. The summed E-state index contributed by atoms with van der Waals surface area (Å²) in [7, 11) is -2.45. The standard InChI is InChI=1S/C12H14N2O4S/c1-9-3-4-10(8-13)7-11(9)14-19(16,17)6-5-12(15)18-2/h3-4,7,14H,5-6H2,1-2H3. The van der Waals surface area contributed by atoms with E-state index in [0.717, 1.165) is 0 Å². The SMILES string of the molecule is COC(=O)CCS(=O)(=O)Nc1cc(C#N)ccc1C.